The fourth-order valence-corrected chi connectivity index (χ4v) is 2.61. The molecule has 4 aromatic rings. The molecule has 4 aromatic heterocycles. The number of H-pyrrole nitrogens is 2. The van der Waals surface area contributed by atoms with Gasteiger partial charge in [-0.25, -0.2) is 9.97 Å². The summed E-state index contributed by atoms with van der Waals surface area (Å²) in [7, 11) is 0. The molecule has 6 heteroatoms. The number of hydrogen-bond donors (Lipinski definition) is 2. The molecular formula is C18H16N6. The van der Waals surface area contributed by atoms with Crippen LogP contribution in [0.15, 0.2) is 59.0 Å². The van der Waals surface area contributed by atoms with Crippen molar-refractivity contribution in [1.29, 1.82) is 0 Å². The van der Waals surface area contributed by atoms with Crippen LogP contribution in [0.3, 0.4) is 0 Å². The SMILES string of the molecule is C(=NCCN=Cc1c[nH]c2ncccc12)c1c[nH]c2ncccc12. The minimum atomic E-state index is 0.643. The maximum Gasteiger partial charge on any atom is 0.137 e. The highest BCUT2D eigenvalue weighted by Gasteiger charge is 2.01. The molecule has 0 atom stereocenters. The molecule has 0 spiro atoms. The summed E-state index contributed by atoms with van der Waals surface area (Å²) in [4.78, 5) is 23.7. The number of pyridine rings is 2. The average Bonchev–Trinajstić information content (AvgIpc) is 3.22. The molecule has 0 aliphatic carbocycles. The number of nitrogens with one attached hydrogen (secondary N) is 2. The van der Waals surface area contributed by atoms with Gasteiger partial charge in [-0.1, -0.05) is 0 Å². The Labute approximate surface area is 138 Å². The molecule has 2 N–H and O–H groups in total. The number of hydrogen-bond acceptors (Lipinski definition) is 4. The first-order chi connectivity index (χ1) is 11.9. The summed E-state index contributed by atoms with van der Waals surface area (Å²) in [6, 6.07) is 7.91. The van der Waals surface area contributed by atoms with Crippen molar-refractivity contribution in [2.24, 2.45) is 9.98 Å². The smallest absolute Gasteiger partial charge is 0.137 e. The van der Waals surface area contributed by atoms with Crippen LogP contribution in [0.2, 0.25) is 0 Å². The van der Waals surface area contributed by atoms with E-state index in [1.807, 2.05) is 49.1 Å². The lowest BCUT2D eigenvalue weighted by molar-refractivity contribution is 0.985. The van der Waals surface area contributed by atoms with Gasteiger partial charge in [0.05, 0.1) is 13.1 Å². The molecule has 118 valence electrons. The van der Waals surface area contributed by atoms with Crippen molar-refractivity contribution in [2.75, 3.05) is 13.1 Å². The number of aromatic nitrogens is 4. The van der Waals surface area contributed by atoms with Crippen LogP contribution in [0.5, 0.6) is 0 Å². The van der Waals surface area contributed by atoms with Gasteiger partial charge in [0.15, 0.2) is 0 Å². The first-order valence-corrected chi connectivity index (χ1v) is 7.76. The molecule has 0 fully saturated rings. The van der Waals surface area contributed by atoms with E-state index in [1.165, 1.54) is 0 Å². The summed E-state index contributed by atoms with van der Waals surface area (Å²) in [5.41, 5.74) is 3.85. The number of aromatic amines is 2. The topological polar surface area (TPSA) is 82.1 Å². The van der Waals surface area contributed by atoms with Gasteiger partial charge in [0.2, 0.25) is 0 Å². The molecule has 0 aliphatic heterocycles. The van der Waals surface area contributed by atoms with Crippen LogP contribution in [-0.4, -0.2) is 45.5 Å². The Bertz CT molecular complexity index is 940. The van der Waals surface area contributed by atoms with Crippen molar-refractivity contribution in [3.8, 4) is 0 Å². The molecule has 0 saturated heterocycles. The fraction of sp³-hybridized carbons (Fsp3) is 0.111. The monoisotopic (exact) mass is 316 g/mol. The fourth-order valence-electron chi connectivity index (χ4n) is 2.61. The van der Waals surface area contributed by atoms with Crippen molar-refractivity contribution < 1.29 is 0 Å². The van der Waals surface area contributed by atoms with E-state index >= 15 is 0 Å². The Morgan fingerprint density at radius 2 is 1.29 bits per heavy atom. The standard InChI is InChI=1S/C18H16N6/c1-3-15-13(11-23-17(15)21-5-1)9-19-7-8-20-10-14-12-24-18-16(14)4-2-6-22-18/h1-6,9-12H,7-8H2,(H,21,23)(H,22,24). The molecule has 4 heterocycles. The zero-order chi connectivity index (χ0) is 16.2. The molecular weight excluding hydrogens is 300 g/mol. The van der Waals surface area contributed by atoms with E-state index in [0.29, 0.717) is 13.1 Å². The third-order valence-corrected chi connectivity index (χ3v) is 3.79. The van der Waals surface area contributed by atoms with Crippen LogP contribution in [-0.2, 0) is 0 Å². The minimum absolute atomic E-state index is 0.643. The van der Waals surface area contributed by atoms with E-state index in [-0.39, 0.29) is 0 Å². The van der Waals surface area contributed by atoms with Crippen molar-refractivity contribution in [1.82, 2.24) is 19.9 Å². The molecule has 0 radical (unpaired) electrons. The summed E-state index contributed by atoms with van der Waals surface area (Å²) < 4.78 is 0. The molecule has 0 aromatic carbocycles. The van der Waals surface area contributed by atoms with Crippen LogP contribution in [0.25, 0.3) is 22.1 Å². The van der Waals surface area contributed by atoms with E-state index in [1.54, 1.807) is 12.4 Å². The van der Waals surface area contributed by atoms with Crippen molar-refractivity contribution in [3.05, 3.63) is 60.2 Å². The van der Waals surface area contributed by atoms with Gasteiger partial charge in [-0.05, 0) is 24.3 Å². The van der Waals surface area contributed by atoms with Crippen LogP contribution < -0.4 is 0 Å². The highest BCUT2D eigenvalue weighted by atomic mass is 14.9. The minimum Gasteiger partial charge on any atom is -0.345 e. The summed E-state index contributed by atoms with van der Waals surface area (Å²) >= 11 is 0. The van der Waals surface area contributed by atoms with Gasteiger partial charge in [-0.2, -0.15) is 0 Å². The highest BCUT2D eigenvalue weighted by Crippen LogP contribution is 2.14. The van der Waals surface area contributed by atoms with Crippen molar-refractivity contribution in [2.45, 2.75) is 0 Å². The lowest BCUT2D eigenvalue weighted by atomic mass is 10.2. The first kappa shape index (κ1) is 14.3. The summed E-state index contributed by atoms with van der Waals surface area (Å²) in [5.74, 6) is 0. The zero-order valence-corrected chi connectivity index (χ0v) is 13.0. The molecule has 4 rings (SSSR count). The second-order valence-electron chi connectivity index (χ2n) is 5.36. The van der Waals surface area contributed by atoms with E-state index in [9.17, 15) is 0 Å². The van der Waals surface area contributed by atoms with E-state index in [0.717, 1.165) is 33.2 Å². The normalized spacial score (nSPS) is 12.2. The van der Waals surface area contributed by atoms with Crippen LogP contribution in [0.4, 0.5) is 0 Å². The molecule has 24 heavy (non-hydrogen) atoms. The molecule has 0 amide bonds. The Balaban J connectivity index is 1.37. The number of nitrogens with zero attached hydrogens (tertiary/aromatic N) is 4. The second kappa shape index (κ2) is 6.45. The molecule has 0 unspecified atom stereocenters. The maximum absolute atomic E-state index is 4.44. The molecule has 0 aliphatic rings. The molecule has 0 bridgehead atoms. The Morgan fingerprint density at radius 1 is 0.792 bits per heavy atom. The van der Waals surface area contributed by atoms with Gasteiger partial charge in [0, 0.05) is 59.1 Å². The average molecular weight is 316 g/mol. The largest absolute Gasteiger partial charge is 0.345 e. The second-order valence-corrected chi connectivity index (χ2v) is 5.36. The van der Waals surface area contributed by atoms with Crippen molar-refractivity contribution >= 4 is 34.5 Å². The zero-order valence-electron chi connectivity index (χ0n) is 13.0. The van der Waals surface area contributed by atoms with Gasteiger partial charge in [-0.15, -0.1) is 0 Å². The third-order valence-electron chi connectivity index (χ3n) is 3.79. The predicted octanol–water partition coefficient (Wildman–Crippen LogP) is 2.98. The summed E-state index contributed by atoms with van der Waals surface area (Å²) in [5, 5.41) is 2.16. The third kappa shape index (κ3) is 2.81. The van der Waals surface area contributed by atoms with Crippen molar-refractivity contribution in [3.63, 3.8) is 0 Å². The van der Waals surface area contributed by atoms with Crippen LogP contribution in [0.1, 0.15) is 11.1 Å². The lowest BCUT2D eigenvalue weighted by Crippen LogP contribution is -1.90. The Morgan fingerprint density at radius 3 is 1.79 bits per heavy atom. The van der Waals surface area contributed by atoms with Gasteiger partial charge >= 0.3 is 0 Å². The summed E-state index contributed by atoms with van der Waals surface area (Å²) in [6.45, 7) is 1.29. The van der Waals surface area contributed by atoms with Crippen LogP contribution >= 0.6 is 0 Å². The van der Waals surface area contributed by atoms with E-state index in [2.05, 4.69) is 29.9 Å². The molecule has 0 saturated carbocycles. The van der Waals surface area contributed by atoms with E-state index in [4.69, 9.17) is 0 Å². The molecule has 6 nitrogen and oxygen atoms in total. The van der Waals surface area contributed by atoms with Gasteiger partial charge in [0.25, 0.3) is 0 Å². The highest BCUT2D eigenvalue weighted by molar-refractivity contribution is 5.98. The van der Waals surface area contributed by atoms with Gasteiger partial charge in [0.1, 0.15) is 11.3 Å². The lowest BCUT2D eigenvalue weighted by Gasteiger charge is -1.92. The first-order valence-electron chi connectivity index (χ1n) is 7.76. The van der Waals surface area contributed by atoms with Gasteiger partial charge < -0.3 is 9.97 Å². The Kier molecular flexibility index (Phi) is 3.85. The van der Waals surface area contributed by atoms with Gasteiger partial charge in [-0.3, -0.25) is 9.98 Å². The maximum atomic E-state index is 4.44. The Hall–Kier alpha value is -3.28. The quantitative estimate of drug-likeness (QED) is 0.438. The van der Waals surface area contributed by atoms with Crippen LogP contribution in [0, 0.1) is 0 Å². The number of fused-ring (bicyclic) bond motifs is 2. The van der Waals surface area contributed by atoms with E-state index < -0.39 is 0 Å². The summed E-state index contributed by atoms with van der Waals surface area (Å²) in [6.07, 6.45) is 11.1. The predicted molar refractivity (Wildman–Crippen MR) is 97.1 cm³/mol. The number of rotatable bonds is 5. The number of aliphatic imine (C=N–C) groups is 2.